The van der Waals surface area contributed by atoms with Gasteiger partial charge in [-0.05, 0) is 12.1 Å². The lowest BCUT2D eigenvalue weighted by Gasteiger charge is -2.00. The van der Waals surface area contributed by atoms with Gasteiger partial charge in [-0.3, -0.25) is 4.79 Å². The van der Waals surface area contributed by atoms with Gasteiger partial charge in [-0.1, -0.05) is 12.2 Å². The van der Waals surface area contributed by atoms with Crippen LogP contribution in [0.25, 0.3) is 0 Å². The zero-order valence-electron chi connectivity index (χ0n) is 8.61. The van der Waals surface area contributed by atoms with Gasteiger partial charge in [0.2, 0.25) is 5.91 Å². The third-order valence-corrected chi connectivity index (χ3v) is 1.90. The highest BCUT2D eigenvalue weighted by Gasteiger charge is 2.01. The number of hydrogen-bond acceptors (Lipinski definition) is 3. The van der Waals surface area contributed by atoms with Gasteiger partial charge in [-0.15, -0.1) is 0 Å². The fraction of sp³-hybridized carbons (Fsp3) is 0.364. The molecule has 0 bridgehead atoms. The number of nitrogens with two attached hydrogens (primary N) is 1. The van der Waals surface area contributed by atoms with E-state index < -0.39 is 0 Å². The third kappa shape index (κ3) is 5.02. The first-order chi connectivity index (χ1) is 7.33. The lowest BCUT2D eigenvalue weighted by Crippen LogP contribution is -2.23. The van der Waals surface area contributed by atoms with Gasteiger partial charge in [0.25, 0.3) is 0 Å². The van der Waals surface area contributed by atoms with Crippen LogP contribution in [0.15, 0.2) is 35.0 Å². The highest BCUT2D eigenvalue weighted by molar-refractivity contribution is 5.76. The highest BCUT2D eigenvalue weighted by Crippen LogP contribution is 2.02. The quantitative estimate of drug-likeness (QED) is 0.681. The molecule has 0 unspecified atom stereocenters. The van der Waals surface area contributed by atoms with E-state index in [1.807, 2.05) is 24.3 Å². The van der Waals surface area contributed by atoms with Crippen LogP contribution in [0, 0.1) is 0 Å². The summed E-state index contributed by atoms with van der Waals surface area (Å²) in [7, 11) is 0. The zero-order valence-corrected chi connectivity index (χ0v) is 8.61. The van der Waals surface area contributed by atoms with Crippen LogP contribution in [0.2, 0.25) is 0 Å². The summed E-state index contributed by atoms with van der Waals surface area (Å²) < 4.78 is 5.12. The van der Waals surface area contributed by atoms with Crippen molar-refractivity contribution in [3.63, 3.8) is 0 Å². The maximum Gasteiger partial charge on any atom is 0.220 e. The molecule has 4 nitrogen and oxygen atoms in total. The predicted molar refractivity (Wildman–Crippen MR) is 58.2 cm³/mol. The van der Waals surface area contributed by atoms with Gasteiger partial charge in [0, 0.05) is 25.9 Å². The summed E-state index contributed by atoms with van der Waals surface area (Å²) in [5, 5.41) is 2.76. The molecule has 0 saturated carbocycles. The van der Waals surface area contributed by atoms with Gasteiger partial charge in [-0.2, -0.15) is 0 Å². The standard InChI is InChI=1S/C11H16N2O2/c12-7-1-2-8-13-11(14)6-5-10-4-3-9-15-10/h1-4,9H,5-8,12H2,(H,13,14)/b2-1+. The Kier molecular flexibility index (Phi) is 5.25. The summed E-state index contributed by atoms with van der Waals surface area (Å²) in [4.78, 5) is 11.3. The molecule has 1 aromatic rings. The number of carbonyl (C=O) groups is 1. The van der Waals surface area contributed by atoms with Gasteiger partial charge < -0.3 is 15.5 Å². The number of nitrogens with one attached hydrogen (secondary N) is 1. The van der Waals surface area contributed by atoms with Crippen LogP contribution in [-0.2, 0) is 11.2 Å². The number of hydrogen-bond donors (Lipinski definition) is 2. The maximum atomic E-state index is 11.3. The van der Waals surface area contributed by atoms with Crippen LogP contribution < -0.4 is 11.1 Å². The third-order valence-electron chi connectivity index (χ3n) is 1.90. The number of furan rings is 1. The molecule has 0 fully saturated rings. The Morgan fingerprint density at radius 3 is 3.07 bits per heavy atom. The minimum Gasteiger partial charge on any atom is -0.469 e. The molecule has 0 radical (unpaired) electrons. The molecule has 0 aromatic carbocycles. The molecular weight excluding hydrogens is 192 g/mol. The Hall–Kier alpha value is -1.55. The molecule has 1 aromatic heterocycles. The van der Waals surface area contributed by atoms with Crippen molar-refractivity contribution in [1.82, 2.24) is 5.32 Å². The lowest BCUT2D eigenvalue weighted by molar-refractivity contribution is -0.120. The maximum absolute atomic E-state index is 11.3. The first kappa shape index (κ1) is 11.5. The second-order valence-corrected chi connectivity index (χ2v) is 3.09. The van der Waals surface area contributed by atoms with Gasteiger partial charge >= 0.3 is 0 Å². The Balaban J connectivity index is 2.11. The molecule has 0 aliphatic carbocycles. The molecule has 4 heteroatoms. The van der Waals surface area contributed by atoms with Crippen molar-refractivity contribution in [2.45, 2.75) is 12.8 Å². The molecule has 15 heavy (non-hydrogen) atoms. The van der Waals surface area contributed by atoms with E-state index in [9.17, 15) is 4.79 Å². The SMILES string of the molecule is NC/C=C/CNC(=O)CCc1ccco1. The lowest BCUT2D eigenvalue weighted by atomic mass is 10.2. The molecular formula is C11H16N2O2. The summed E-state index contributed by atoms with van der Waals surface area (Å²) in [6.45, 7) is 1.04. The Morgan fingerprint density at radius 2 is 2.40 bits per heavy atom. The summed E-state index contributed by atoms with van der Waals surface area (Å²) in [5.41, 5.74) is 5.26. The smallest absolute Gasteiger partial charge is 0.220 e. The topological polar surface area (TPSA) is 68.3 Å². The Bertz CT molecular complexity index is 304. The van der Waals surface area contributed by atoms with Gasteiger partial charge in [0.15, 0.2) is 0 Å². The molecule has 0 atom stereocenters. The predicted octanol–water partition coefficient (Wildman–Crippen LogP) is 0.843. The van der Waals surface area contributed by atoms with Crippen molar-refractivity contribution in [3.05, 3.63) is 36.3 Å². The van der Waals surface area contributed by atoms with Crippen molar-refractivity contribution in [1.29, 1.82) is 0 Å². The van der Waals surface area contributed by atoms with E-state index in [0.29, 0.717) is 25.9 Å². The zero-order chi connectivity index (χ0) is 10.9. The molecule has 1 heterocycles. The number of aryl methyl sites for hydroxylation is 1. The van der Waals surface area contributed by atoms with Crippen molar-refractivity contribution in [2.75, 3.05) is 13.1 Å². The molecule has 0 spiro atoms. The van der Waals surface area contributed by atoms with Crippen LogP contribution in [0.4, 0.5) is 0 Å². The Labute approximate surface area is 89.1 Å². The number of rotatable bonds is 6. The largest absolute Gasteiger partial charge is 0.469 e. The average Bonchev–Trinajstić information content (AvgIpc) is 2.74. The van der Waals surface area contributed by atoms with E-state index in [-0.39, 0.29) is 5.91 Å². The van der Waals surface area contributed by atoms with Crippen LogP contribution >= 0.6 is 0 Å². The first-order valence-electron chi connectivity index (χ1n) is 4.97. The number of carbonyl (C=O) groups excluding carboxylic acids is 1. The number of amides is 1. The van der Waals surface area contributed by atoms with Crippen molar-refractivity contribution < 1.29 is 9.21 Å². The van der Waals surface area contributed by atoms with E-state index in [4.69, 9.17) is 10.2 Å². The Morgan fingerprint density at radius 1 is 1.53 bits per heavy atom. The highest BCUT2D eigenvalue weighted by atomic mass is 16.3. The fourth-order valence-electron chi connectivity index (χ4n) is 1.13. The molecule has 3 N–H and O–H groups in total. The van der Waals surface area contributed by atoms with Crippen LogP contribution in [0.1, 0.15) is 12.2 Å². The van der Waals surface area contributed by atoms with Crippen molar-refractivity contribution >= 4 is 5.91 Å². The molecule has 82 valence electrons. The summed E-state index contributed by atoms with van der Waals surface area (Å²) in [5.74, 6) is 0.857. The van der Waals surface area contributed by atoms with E-state index in [1.54, 1.807) is 6.26 Å². The second kappa shape index (κ2) is 6.84. The fourth-order valence-corrected chi connectivity index (χ4v) is 1.13. The minimum absolute atomic E-state index is 0.0214. The summed E-state index contributed by atoms with van der Waals surface area (Å²) in [6.07, 6.45) is 6.35. The molecule has 1 rings (SSSR count). The molecule has 0 aliphatic heterocycles. The molecule has 1 amide bonds. The van der Waals surface area contributed by atoms with Gasteiger partial charge in [0.05, 0.1) is 6.26 Å². The minimum atomic E-state index is 0.0214. The molecule has 0 aliphatic rings. The van der Waals surface area contributed by atoms with Crippen LogP contribution in [-0.4, -0.2) is 19.0 Å². The van der Waals surface area contributed by atoms with E-state index >= 15 is 0 Å². The summed E-state index contributed by atoms with van der Waals surface area (Å²) >= 11 is 0. The van der Waals surface area contributed by atoms with Crippen LogP contribution in [0.5, 0.6) is 0 Å². The van der Waals surface area contributed by atoms with E-state index in [0.717, 1.165) is 5.76 Å². The second-order valence-electron chi connectivity index (χ2n) is 3.09. The van der Waals surface area contributed by atoms with Gasteiger partial charge in [0.1, 0.15) is 5.76 Å². The van der Waals surface area contributed by atoms with Crippen LogP contribution in [0.3, 0.4) is 0 Å². The average molecular weight is 208 g/mol. The summed E-state index contributed by atoms with van der Waals surface area (Å²) in [6, 6.07) is 3.68. The van der Waals surface area contributed by atoms with E-state index in [2.05, 4.69) is 5.32 Å². The van der Waals surface area contributed by atoms with E-state index in [1.165, 1.54) is 0 Å². The van der Waals surface area contributed by atoms with Crippen molar-refractivity contribution in [3.8, 4) is 0 Å². The molecule has 0 saturated heterocycles. The van der Waals surface area contributed by atoms with Gasteiger partial charge in [-0.25, -0.2) is 0 Å². The first-order valence-corrected chi connectivity index (χ1v) is 4.97. The van der Waals surface area contributed by atoms with Crippen molar-refractivity contribution in [2.24, 2.45) is 5.73 Å². The normalized spacial score (nSPS) is 10.7. The monoisotopic (exact) mass is 208 g/mol.